The molecule has 0 atom stereocenters. The second-order valence-electron chi connectivity index (χ2n) is 9.09. The maximum absolute atomic E-state index is 6.02. The minimum Gasteiger partial charge on any atom is -0.371 e. The van der Waals surface area contributed by atoms with Gasteiger partial charge in [0.2, 0.25) is 0 Å². The summed E-state index contributed by atoms with van der Waals surface area (Å²) in [6.45, 7) is 10.0. The lowest BCUT2D eigenvalue weighted by molar-refractivity contribution is 0.0424. The van der Waals surface area contributed by atoms with Crippen molar-refractivity contribution >= 4 is 23.0 Å². The van der Waals surface area contributed by atoms with Crippen molar-refractivity contribution in [3.05, 3.63) is 53.3 Å². The van der Waals surface area contributed by atoms with Crippen molar-refractivity contribution in [3.63, 3.8) is 0 Å². The fraction of sp³-hybridized carbons (Fsp3) is 0.522. The van der Waals surface area contributed by atoms with Crippen LogP contribution in [0.3, 0.4) is 0 Å². The molecule has 3 fully saturated rings. The molecule has 6 heteroatoms. The van der Waals surface area contributed by atoms with Crippen LogP contribution in [0.4, 0.5) is 11.4 Å². The molecule has 1 aromatic heterocycles. The molecule has 0 N–H and O–H groups in total. The number of pyridine rings is 1. The number of aromatic nitrogens is 1. The van der Waals surface area contributed by atoms with Crippen LogP contribution in [-0.2, 0) is 6.54 Å². The van der Waals surface area contributed by atoms with E-state index in [1.165, 1.54) is 49.7 Å². The maximum atomic E-state index is 6.02. The zero-order valence-corrected chi connectivity index (χ0v) is 18.0. The minimum absolute atomic E-state index is 0.538. The molecule has 0 aliphatic carbocycles. The summed E-state index contributed by atoms with van der Waals surface area (Å²) >= 11 is 6.02. The fourth-order valence-corrected chi connectivity index (χ4v) is 5.43. The zero-order chi connectivity index (χ0) is 19.8. The molecule has 0 amide bonds. The van der Waals surface area contributed by atoms with Gasteiger partial charge in [-0.2, -0.15) is 0 Å². The van der Waals surface area contributed by atoms with Gasteiger partial charge in [-0.25, -0.2) is 0 Å². The van der Waals surface area contributed by atoms with Gasteiger partial charge in [0, 0.05) is 86.9 Å². The summed E-state index contributed by atoms with van der Waals surface area (Å²) in [4.78, 5) is 14.6. The Morgan fingerprint density at radius 1 is 0.897 bits per heavy atom. The highest BCUT2D eigenvalue weighted by Gasteiger charge is 2.46. The highest BCUT2D eigenvalue weighted by Crippen LogP contribution is 2.40. The summed E-state index contributed by atoms with van der Waals surface area (Å²) in [6, 6.07) is 12.7. The van der Waals surface area contributed by atoms with Gasteiger partial charge in [0.15, 0.2) is 0 Å². The Bertz CT molecular complexity index is 841. The molecule has 1 spiro atoms. The monoisotopic (exact) mass is 411 g/mol. The third-order valence-corrected chi connectivity index (χ3v) is 7.02. The van der Waals surface area contributed by atoms with E-state index < -0.39 is 0 Å². The van der Waals surface area contributed by atoms with Crippen molar-refractivity contribution in [2.45, 2.75) is 13.0 Å². The Balaban J connectivity index is 1.17. The summed E-state index contributed by atoms with van der Waals surface area (Å²) < 4.78 is 0. The van der Waals surface area contributed by atoms with Crippen LogP contribution in [0.15, 0.2) is 42.6 Å². The van der Waals surface area contributed by atoms with Crippen LogP contribution >= 0.6 is 11.6 Å². The van der Waals surface area contributed by atoms with Crippen LogP contribution in [-0.4, -0.2) is 74.2 Å². The van der Waals surface area contributed by atoms with E-state index in [0.717, 1.165) is 37.7 Å². The highest BCUT2D eigenvalue weighted by atomic mass is 35.5. The van der Waals surface area contributed by atoms with Gasteiger partial charge in [-0.3, -0.25) is 9.88 Å². The van der Waals surface area contributed by atoms with Crippen molar-refractivity contribution in [1.82, 2.24) is 14.8 Å². The van der Waals surface area contributed by atoms with E-state index >= 15 is 0 Å². The minimum atomic E-state index is 0.538. The Labute approximate surface area is 178 Å². The third kappa shape index (κ3) is 4.09. The molecule has 0 unspecified atom stereocenters. The average Bonchev–Trinajstić information content (AvgIpc) is 3.15. The molecule has 3 saturated heterocycles. The Hall–Kier alpha value is -1.82. The van der Waals surface area contributed by atoms with Crippen molar-refractivity contribution in [2.24, 2.45) is 5.41 Å². The molecule has 4 heterocycles. The molecule has 5 nitrogen and oxygen atoms in total. The maximum Gasteiger partial charge on any atom is 0.0564 e. The van der Waals surface area contributed by atoms with E-state index in [0.29, 0.717) is 5.41 Å². The Morgan fingerprint density at radius 3 is 2.38 bits per heavy atom. The van der Waals surface area contributed by atoms with Gasteiger partial charge in [-0.15, -0.1) is 0 Å². The zero-order valence-electron chi connectivity index (χ0n) is 17.2. The Kier molecular flexibility index (Phi) is 5.14. The quantitative estimate of drug-likeness (QED) is 0.769. The fourth-order valence-electron chi connectivity index (χ4n) is 5.31. The van der Waals surface area contributed by atoms with Gasteiger partial charge < -0.3 is 14.7 Å². The first-order valence-corrected chi connectivity index (χ1v) is 11.1. The lowest BCUT2D eigenvalue weighted by atomic mass is 9.79. The molecular weight excluding hydrogens is 382 g/mol. The van der Waals surface area contributed by atoms with Crippen LogP contribution in [0, 0.1) is 5.41 Å². The van der Waals surface area contributed by atoms with E-state index in [-0.39, 0.29) is 0 Å². The van der Waals surface area contributed by atoms with Crippen molar-refractivity contribution in [2.75, 3.05) is 69.2 Å². The van der Waals surface area contributed by atoms with E-state index in [1.807, 2.05) is 18.3 Å². The summed E-state index contributed by atoms with van der Waals surface area (Å²) in [7, 11) is 2.23. The van der Waals surface area contributed by atoms with Crippen molar-refractivity contribution in [3.8, 4) is 0 Å². The normalized spacial score (nSPS) is 22.3. The van der Waals surface area contributed by atoms with Crippen LogP contribution in [0.1, 0.15) is 12.1 Å². The molecule has 0 bridgehead atoms. The molecule has 3 aliphatic rings. The van der Waals surface area contributed by atoms with Gasteiger partial charge in [0.1, 0.15) is 0 Å². The van der Waals surface area contributed by atoms with Gasteiger partial charge in [-0.1, -0.05) is 11.6 Å². The number of piperazine rings is 1. The van der Waals surface area contributed by atoms with E-state index in [1.54, 1.807) is 0 Å². The standard InChI is InChI=1S/C23H30ClN5/c1-26-16-23(17-26)7-9-29(18-23)22-6-8-25-20(14-22)15-27-10-12-28(13-11-27)21-4-2-19(24)3-5-21/h2-6,8,14H,7,9-13,15-18H2,1H3. The van der Waals surface area contributed by atoms with Gasteiger partial charge in [-0.05, 0) is 49.9 Å². The Morgan fingerprint density at radius 2 is 1.66 bits per heavy atom. The lowest BCUT2D eigenvalue weighted by Crippen LogP contribution is -2.55. The van der Waals surface area contributed by atoms with Crippen molar-refractivity contribution < 1.29 is 0 Å². The van der Waals surface area contributed by atoms with Gasteiger partial charge in [0.25, 0.3) is 0 Å². The molecule has 5 rings (SSSR count). The number of hydrogen-bond donors (Lipinski definition) is 0. The van der Waals surface area contributed by atoms with E-state index in [2.05, 4.69) is 55.9 Å². The number of halogens is 1. The first-order valence-electron chi connectivity index (χ1n) is 10.7. The van der Waals surface area contributed by atoms with Crippen LogP contribution in [0.25, 0.3) is 0 Å². The van der Waals surface area contributed by atoms with E-state index in [9.17, 15) is 0 Å². The number of anilines is 2. The molecule has 29 heavy (non-hydrogen) atoms. The predicted octanol–water partition coefficient (Wildman–Crippen LogP) is 3.20. The predicted molar refractivity (Wildman–Crippen MR) is 120 cm³/mol. The number of nitrogens with zero attached hydrogens (tertiary/aromatic N) is 5. The topological polar surface area (TPSA) is 25.9 Å². The molecular formula is C23H30ClN5. The second-order valence-corrected chi connectivity index (χ2v) is 9.53. The smallest absolute Gasteiger partial charge is 0.0564 e. The largest absolute Gasteiger partial charge is 0.371 e. The molecule has 0 saturated carbocycles. The first-order chi connectivity index (χ1) is 14.1. The SMILES string of the molecule is CN1CC2(CCN(c3ccnc(CN4CCN(c5ccc(Cl)cc5)CC4)c3)C2)C1. The van der Waals surface area contributed by atoms with Crippen LogP contribution in [0.2, 0.25) is 5.02 Å². The van der Waals surface area contributed by atoms with Crippen molar-refractivity contribution in [1.29, 1.82) is 0 Å². The third-order valence-electron chi connectivity index (χ3n) is 6.76. The highest BCUT2D eigenvalue weighted by molar-refractivity contribution is 6.30. The summed E-state index contributed by atoms with van der Waals surface area (Å²) in [6.07, 6.45) is 3.31. The number of likely N-dealkylation sites (tertiary alicyclic amines) is 1. The van der Waals surface area contributed by atoms with Crippen LogP contribution < -0.4 is 9.80 Å². The summed E-state index contributed by atoms with van der Waals surface area (Å²) in [5.41, 5.74) is 4.34. The van der Waals surface area contributed by atoms with Gasteiger partial charge >= 0.3 is 0 Å². The number of rotatable bonds is 4. The van der Waals surface area contributed by atoms with Crippen LogP contribution in [0.5, 0.6) is 0 Å². The lowest BCUT2D eigenvalue weighted by Gasteiger charge is -2.46. The number of benzene rings is 1. The van der Waals surface area contributed by atoms with Gasteiger partial charge in [0.05, 0.1) is 5.69 Å². The first kappa shape index (κ1) is 19.2. The number of hydrogen-bond acceptors (Lipinski definition) is 5. The molecule has 1 aromatic carbocycles. The summed E-state index contributed by atoms with van der Waals surface area (Å²) in [5, 5.41) is 0.798. The summed E-state index contributed by atoms with van der Waals surface area (Å²) in [5.74, 6) is 0. The molecule has 2 aromatic rings. The molecule has 3 aliphatic heterocycles. The van der Waals surface area contributed by atoms with E-state index in [4.69, 9.17) is 11.6 Å². The average molecular weight is 412 g/mol. The molecule has 154 valence electrons. The second kappa shape index (κ2) is 7.78. The molecule has 0 radical (unpaired) electrons.